The van der Waals surface area contributed by atoms with Crippen LogP contribution in [0, 0.1) is 5.92 Å². The zero-order chi connectivity index (χ0) is 14.4. The minimum Gasteiger partial charge on any atom is -0.408 e. The molecule has 0 aliphatic heterocycles. The Hall–Kier alpha value is -1.37. The first-order valence-electron chi connectivity index (χ1n) is 6.18. The number of ketones is 1. The van der Waals surface area contributed by atoms with Gasteiger partial charge in [-0.05, 0) is 12.3 Å². The van der Waals surface area contributed by atoms with Gasteiger partial charge in [0.1, 0.15) is 0 Å². The monoisotopic (exact) mass is 285 g/mol. The summed E-state index contributed by atoms with van der Waals surface area (Å²) in [4.78, 5) is 22.7. The summed E-state index contributed by atoms with van der Waals surface area (Å²) in [5.74, 6) is -0.124. The smallest absolute Gasteiger partial charge is 0.286 e. The zero-order valence-electron chi connectivity index (χ0n) is 11.5. The first kappa shape index (κ1) is 15.7. The number of rotatable bonds is 8. The van der Waals surface area contributed by atoms with E-state index in [9.17, 15) is 9.59 Å². The molecule has 1 aromatic heterocycles. The molecular formula is C12H19N3O3S. The van der Waals surface area contributed by atoms with Crippen molar-refractivity contribution in [3.63, 3.8) is 0 Å². The number of thioether (sulfide) groups is 1. The number of hydrogen-bond acceptors (Lipinski definition) is 6. The van der Waals surface area contributed by atoms with E-state index in [4.69, 9.17) is 4.42 Å². The summed E-state index contributed by atoms with van der Waals surface area (Å²) < 4.78 is 5.30. The third kappa shape index (κ3) is 5.02. The first-order valence-corrected chi connectivity index (χ1v) is 7.06. The van der Waals surface area contributed by atoms with Crippen LogP contribution in [0.3, 0.4) is 0 Å². The van der Waals surface area contributed by atoms with Crippen molar-refractivity contribution < 1.29 is 14.0 Å². The Balaban J connectivity index is 2.78. The Labute approximate surface area is 116 Å². The fraction of sp³-hybridized carbons (Fsp3) is 0.667. The second-order valence-electron chi connectivity index (χ2n) is 4.87. The van der Waals surface area contributed by atoms with Crippen LogP contribution in [0.5, 0.6) is 0 Å². The van der Waals surface area contributed by atoms with E-state index in [-0.39, 0.29) is 17.6 Å². The first-order chi connectivity index (χ1) is 8.93. The molecular weight excluding hydrogens is 266 g/mol. The van der Waals surface area contributed by atoms with E-state index in [0.29, 0.717) is 23.3 Å². The van der Waals surface area contributed by atoms with Gasteiger partial charge < -0.3 is 9.73 Å². The Morgan fingerprint density at radius 2 is 2.05 bits per heavy atom. The molecule has 0 saturated carbocycles. The van der Waals surface area contributed by atoms with E-state index in [1.54, 1.807) is 0 Å². The molecule has 0 aliphatic rings. The normalized spacial score (nSPS) is 12.7. The highest BCUT2D eigenvalue weighted by atomic mass is 32.2. The highest BCUT2D eigenvalue weighted by molar-refractivity contribution is 7.99. The summed E-state index contributed by atoms with van der Waals surface area (Å²) in [6.45, 7) is 7.93. The quantitative estimate of drug-likeness (QED) is 0.446. The predicted octanol–water partition coefficient (Wildman–Crippen LogP) is 1.91. The molecule has 0 bridgehead atoms. The molecule has 0 aromatic carbocycles. The number of carbonyl (C=O) groups excluding carboxylic acids is 2. The topological polar surface area (TPSA) is 85.1 Å². The standard InChI is InChI=1S/C12H19N3O3S/c1-7(2)5-9(13-6-16)10(17)11-14-15-12(18-11)19-8(3)4/h6-9H,5H2,1-4H3,(H,13,16). The van der Waals surface area contributed by atoms with E-state index in [2.05, 4.69) is 15.5 Å². The lowest BCUT2D eigenvalue weighted by molar-refractivity contribution is -0.110. The van der Waals surface area contributed by atoms with Crippen molar-refractivity contribution in [2.24, 2.45) is 5.92 Å². The Kier molecular flexibility index (Phi) is 6.01. The molecule has 1 heterocycles. The van der Waals surface area contributed by atoms with Gasteiger partial charge >= 0.3 is 0 Å². The van der Waals surface area contributed by atoms with Crippen molar-refractivity contribution in [1.29, 1.82) is 0 Å². The van der Waals surface area contributed by atoms with Crippen molar-refractivity contribution in [3.8, 4) is 0 Å². The van der Waals surface area contributed by atoms with Gasteiger partial charge in [-0.25, -0.2) is 0 Å². The van der Waals surface area contributed by atoms with Gasteiger partial charge in [0.05, 0.1) is 6.04 Å². The third-order valence-corrected chi connectivity index (χ3v) is 3.08. The lowest BCUT2D eigenvalue weighted by atomic mass is 10.0. The van der Waals surface area contributed by atoms with Gasteiger partial charge in [0.2, 0.25) is 12.2 Å². The predicted molar refractivity (Wildman–Crippen MR) is 72.1 cm³/mol. The van der Waals surface area contributed by atoms with Gasteiger partial charge in [0.25, 0.3) is 11.1 Å². The lowest BCUT2D eigenvalue weighted by Crippen LogP contribution is -2.37. The van der Waals surface area contributed by atoms with Gasteiger partial charge in [-0.2, -0.15) is 0 Å². The van der Waals surface area contributed by atoms with Crippen LogP contribution in [0.15, 0.2) is 9.64 Å². The molecule has 6 nitrogen and oxygen atoms in total. The van der Waals surface area contributed by atoms with Crippen LogP contribution in [0.1, 0.15) is 44.8 Å². The molecule has 1 unspecified atom stereocenters. The van der Waals surface area contributed by atoms with Crippen LogP contribution in [0.4, 0.5) is 0 Å². The van der Waals surface area contributed by atoms with Crippen LogP contribution in [0.2, 0.25) is 0 Å². The van der Waals surface area contributed by atoms with E-state index in [0.717, 1.165) is 0 Å². The van der Waals surface area contributed by atoms with E-state index < -0.39 is 6.04 Å². The van der Waals surface area contributed by atoms with Crippen LogP contribution >= 0.6 is 11.8 Å². The van der Waals surface area contributed by atoms with Gasteiger partial charge in [0, 0.05) is 5.25 Å². The van der Waals surface area contributed by atoms with E-state index in [1.807, 2.05) is 27.7 Å². The average Bonchev–Trinajstić information content (AvgIpc) is 2.74. The largest absolute Gasteiger partial charge is 0.408 e. The van der Waals surface area contributed by atoms with Crippen molar-refractivity contribution in [3.05, 3.63) is 5.89 Å². The van der Waals surface area contributed by atoms with Crippen molar-refractivity contribution in [2.45, 2.75) is 50.6 Å². The second-order valence-corrected chi connectivity index (χ2v) is 6.40. The Morgan fingerprint density at radius 3 is 2.58 bits per heavy atom. The number of carbonyl (C=O) groups is 2. The summed E-state index contributed by atoms with van der Waals surface area (Å²) in [5.41, 5.74) is 0. The third-order valence-electron chi connectivity index (χ3n) is 2.25. The maximum absolute atomic E-state index is 12.1. The van der Waals surface area contributed by atoms with Gasteiger partial charge in [-0.1, -0.05) is 39.5 Å². The molecule has 1 amide bonds. The van der Waals surface area contributed by atoms with Crippen molar-refractivity contribution in [1.82, 2.24) is 15.5 Å². The Bertz CT molecular complexity index is 432. The van der Waals surface area contributed by atoms with Crippen LogP contribution in [0.25, 0.3) is 0 Å². The molecule has 1 aromatic rings. The SMILES string of the molecule is CC(C)CC(NC=O)C(=O)c1nnc(SC(C)C)o1. The summed E-state index contributed by atoms with van der Waals surface area (Å²) >= 11 is 1.39. The fourth-order valence-electron chi connectivity index (χ4n) is 1.51. The molecule has 0 radical (unpaired) electrons. The van der Waals surface area contributed by atoms with Crippen LogP contribution < -0.4 is 5.32 Å². The minimum absolute atomic E-state index is 0.0526. The molecule has 7 heteroatoms. The maximum atomic E-state index is 12.1. The highest BCUT2D eigenvalue weighted by Crippen LogP contribution is 2.21. The van der Waals surface area contributed by atoms with Gasteiger partial charge in [-0.15, -0.1) is 10.2 Å². The molecule has 0 spiro atoms. The maximum Gasteiger partial charge on any atom is 0.286 e. The molecule has 1 N–H and O–H groups in total. The number of amides is 1. The fourth-order valence-corrected chi connectivity index (χ4v) is 2.13. The molecule has 19 heavy (non-hydrogen) atoms. The average molecular weight is 285 g/mol. The lowest BCUT2D eigenvalue weighted by Gasteiger charge is -2.14. The number of Topliss-reactive ketones (excluding diaryl/α,β-unsaturated/α-hetero) is 1. The summed E-state index contributed by atoms with van der Waals surface area (Å²) in [5, 5.41) is 10.7. The summed E-state index contributed by atoms with van der Waals surface area (Å²) in [7, 11) is 0. The Morgan fingerprint density at radius 1 is 1.37 bits per heavy atom. The summed E-state index contributed by atoms with van der Waals surface area (Å²) in [6, 6.07) is -0.616. The van der Waals surface area contributed by atoms with Crippen molar-refractivity contribution >= 4 is 24.0 Å². The van der Waals surface area contributed by atoms with Crippen LogP contribution in [-0.2, 0) is 4.79 Å². The molecule has 0 aliphatic carbocycles. The minimum atomic E-state index is -0.616. The van der Waals surface area contributed by atoms with Gasteiger partial charge in [-0.3, -0.25) is 9.59 Å². The number of hydrogen-bond donors (Lipinski definition) is 1. The summed E-state index contributed by atoms with van der Waals surface area (Å²) in [6.07, 6.45) is 1.05. The number of nitrogens with zero attached hydrogens (tertiary/aromatic N) is 2. The second kappa shape index (κ2) is 7.28. The molecule has 0 fully saturated rings. The molecule has 1 rings (SSSR count). The van der Waals surface area contributed by atoms with Crippen LogP contribution in [-0.4, -0.2) is 33.7 Å². The van der Waals surface area contributed by atoms with Crippen molar-refractivity contribution in [2.75, 3.05) is 0 Å². The molecule has 106 valence electrons. The van der Waals surface area contributed by atoms with E-state index in [1.165, 1.54) is 11.8 Å². The zero-order valence-corrected chi connectivity index (χ0v) is 12.4. The van der Waals surface area contributed by atoms with E-state index >= 15 is 0 Å². The number of nitrogens with one attached hydrogen (secondary N) is 1. The van der Waals surface area contributed by atoms with Gasteiger partial charge in [0.15, 0.2) is 0 Å². The molecule has 0 saturated heterocycles. The number of aromatic nitrogens is 2. The molecule has 1 atom stereocenters. The highest BCUT2D eigenvalue weighted by Gasteiger charge is 2.25.